The van der Waals surface area contributed by atoms with Gasteiger partial charge in [0.25, 0.3) is 0 Å². The van der Waals surface area contributed by atoms with Gasteiger partial charge >= 0.3 is 7.27 Å². The van der Waals surface area contributed by atoms with Gasteiger partial charge < -0.3 is 13.9 Å². The minimum atomic E-state index is -2.10. The van der Waals surface area contributed by atoms with E-state index in [0.717, 1.165) is 43.0 Å². The Kier molecular flexibility index (Phi) is 28.7. The van der Waals surface area contributed by atoms with Crippen LogP contribution in [0.2, 0.25) is 6.32 Å². The number of rotatable bonds is 27. The molecule has 1 aromatic heterocycles. The molecule has 47 heavy (non-hydrogen) atoms. The van der Waals surface area contributed by atoms with E-state index in [9.17, 15) is 8.63 Å². The van der Waals surface area contributed by atoms with E-state index in [1.807, 2.05) is 19.3 Å². The van der Waals surface area contributed by atoms with Crippen molar-refractivity contribution in [3.8, 4) is 17.1 Å². The van der Waals surface area contributed by atoms with Crippen LogP contribution in [0.1, 0.15) is 149 Å². The van der Waals surface area contributed by atoms with Crippen LogP contribution in [0.4, 0.5) is 8.63 Å². The lowest BCUT2D eigenvalue weighted by atomic mass is 9.90. The molecule has 0 bridgehead atoms. The van der Waals surface area contributed by atoms with Crippen molar-refractivity contribution in [2.45, 2.75) is 157 Å². The number of nitrogens with zero attached hydrogens (tertiary/aromatic N) is 3. The molecular weight excluding hydrogens is 594 g/mol. The number of hydrogen-bond donors (Lipinski definition) is 0. The van der Waals surface area contributed by atoms with Crippen LogP contribution in [0.25, 0.3) is 11.4 Å². The second-order valence-electron chi connectivity index (χ2n) is 13.2. The van der Waals surface area contributed by atoms with Crippen LogP contribution < -0.4 is 9.44 Å². The third-order valence-corrected chi connectivity index (χ3v) is 8.92. The van der Waals surface area contributed by atoms with Crippen LogP contribution >= 0.6 is 0 Å². The third-order valence-electron chi connectivity index (χ3n) is 8.92. The number of unbranched alkanes of at least 4 members (excludes halogenated alkanes) is 11. The van der Waals surface area contributed by atoms with Gasteiger partial charge in [0.05, 0.1) is 32.8 Å². The molecule has 2 rings (SSSR count). The first-order chi connectivity index (χ1) is 22.4. The number of benzene rings is 1. The molecule has 0 aliphatic carbocycles. The molecule has 0 N–H and O–H groups in total. The fraction of sp³-hybridized carbons (Fsp3) is 0.744. The Bertz CT molecular complexity index is 926. The SMILES string of the molecule is CCCCB(F)F.CCCCCCCCCCc1cnc(-c2ccc(OCCC[N+](CCCC)(CCCC)CCCC)cc2)nc1.[F-]. The highest BCUT2D eigenvalue weighted by molar-refractivity contribution is 6.42. The van der Waals surface area contributed by atoms with E-state index in [2.05, 4.69) is 61.9 Å². The number of hydrogen-bond acceptors (Lipinski definition) is 3. The molecule has 0 aliphatic heterocycles. The smallest absolute Gasteiger partial charge is 0.538 e. The summed E-state index contributed by atoms with van der Waals surface area (Å²) in [6, 6.07) is 8.32. The first-order valence-corrected chi connectivity index (χ1v) is 19.1. The largest absolute Gasteiger partial charge is 1.00 e. The standard InChI is InChI=1S/C35H60N3O.C4H9BF2.FH/c1-5-9-13-14-15-16-17-18-20-32-30-36-35(37-31-32)33-21-23-34(24-22-33)39-29-19-28-38(25-10-6-2,26-11-7-3)27-12-8-4;1-2-3-4-5(6)7;/h21-24,30-31H,5-20,25-29H2,1-4H3;2-4H2,1H3;1H/q+1;;/p-1. The number of halogens is 3. The van der Waals surface area contributed by atoms with Crippen molar-refractivity contribution in [1.82, 2.24) is 9.97 Å². The van der Waals surface area contributed by atoms with Crippen LogP contribution in [0.5, 0.6) is 5.75 Å². The summed E-state index contributed by atoms with van der Waals surface area (Å²) in [4.78, 5) is 9.30. The van der Waals surface area contributed by atoms with Crippen LogP contribution in [-0.2, 0) is 6.42 Å². The van der Waals surface area contributed by atoms with Crippen molar-refractivity contribution in [3.63, 3.8) is 0 Å². The predicted octanol–water partition coefficient (Wildman–Crippen LogP) is 9.03. The lowest BCUT2D eigenvalue weighted by Gasteiger charge is -2.39. The van der Waals surface area contributed by atoms with Gasteiger partial charge in [0.15, 0.2) is 5.82 Å². The van der Waals surface area contributed by atoms with E-state index in [1.165, 1.54) is 126 Å². The molecule has 0 fully saturated rings. The monoisotopic (exact) mass is 664 g/mol. The summed E-state index contributed by atoms with van der Waals surface area (Å²) in [5.41, 5.74) is 2.30. The highest BCUT2D eigenvalue weighted by atomic mass is 19.2. The average Bonchev–Trinajstić information content (AvgIpc) is 3.08. The highest BCUT2D eigenvalue weighted by Crippen LogP contribution is 2.21. The van der Waals surface area contributed by atoms with Crippen LogP contribution in [0, 0.1) is 0 Å². The number of quaternary nitrogens is 1. The summed E-state index contributed by atoms with van der Waals surface area (Å²) in [7, 11) is -2.10. The Labute approximate surface area is 288 Å². The Morgan fingerprint density at radius 3 is 1.53 bits per heavy atom. The summed E-state index contributed by atoms with van der Waals surface area (Å²) < 4.78 is 29.9. The molecule has 270 valence electrons. The second-order valence-corrected chi connectivity index (χ2v) is 13.2. The molecular formula is C39H69BF3N3O. The first kappa shape index (κ1) is 44.9. The average molecular weight is 664 g/mol. The Balaban J connectivity index is 0.00000237. The van der Waals surface area contributed by atoms with E-state index in [4.69, 9.17) is 4.74 Å². The van der Waals surface area contributed by atoms with Gasteiger partial charge in [-0.25, -0.2) is 9.97 Å². The Morgan fingerprint density at radius 2 is 1.06 bits per heavy atom. The molecule has 1 heterocycles. The maximum atomic E-state index is 11.2. The van der Waals surface area contributed by atoms with Gasteiger partial charge in [-0.15, -0.1) is 0 Å². The molecule has 2 aromatic rings. The molecule has 0 radical (unpaired) electrons. The van der Waals surface area contributed by atoms with Crippen molar-refractivity contribution >= 4 is 7.27 Å². The van der Waals surface area contributed by atoms with Gasteiger partial charge in [-0.3, -0.25) is 8.63 Å². The number of ether oxygens (including phenoxy) is 1. The van der Waals surface area contributed by atoms with Crippen molar-refractivity contribution in [2.24, 2.45) is 0 Å². The zero-order chi connectivity index (χ0) is 33.7. The predicted molar refractivity (Wildman–Crippen MR) is 196 cm³/mol. The van der Waals surface area contributed by atoms with Gasteiger partial charge in [-0.2, -0.15) is 0 Å². The van der Waals surface area contributed by atoms with Gasteiger partial charge in [0, 0.05) is 24.4 Å². The van der Waals surface area contributed by atoms with Gasteiger partial charge in [0.1, 0.15) is 5.75 Å². The highest BCUT2D eigenvalue weighted by Gasteiger charge is 2.25. The molecule has 0 unspecified atom stereocenters. The first-order valence-electron chi connectivity index (χ1n) is 19.1. The molecule has 1 aromatic carbocycles. The molecule has 0 amide bonds. The Morgan fingerprint density at radius 1 is 0.596 bits per heavy atom. The van der Waals surface area contributed by atoms with E-state index in [-0.39, 0.29) is 11.0 Å². The quantitative estimate of drug-likeness (QED) is 0.0544. The maximum Gasteiger partial charge on any atom is 0.538 e. The minimum Gasteiger partial charge on any atom is -1.00 e. The number of aryl methyl sites for hydroxylation is 1. The lowest BCUT2D eigenvalue weighted by molar-refractivity contribution is -0.929. The zero-order valence-electron chi connectivity index (χ0n) is 30.9. The summed E-state index contributed by atoms with van der Waals surface area (Å²) >= 11 is 0. The molecule has 0 atom stereocenters. The fourth-order valence-electron chi connectivity index (χ4n) is 5.90. The zero-order valence-corrected chi connectivity index (χ0v) is 30.9. The van der Waals surface area contributed by atoms with Gasteiger partial charge in [0.2, 0.25) is 0 Å². The summed E-state index contributed by atoms with van der Waals surface area (Å²) in [6.07, 6.45) is 26.4. The normalized spacial score (nSPS) is 11.0. The minimum absolute atomic E-state index is 0. The Hall–Kier alpha value is -2.09. The maximum absolute atomic E-state index is 11.2. The lowest BCUT2D eigenvalue weighted by Crippen LogP contribution is -3.00. The van der Waals surface area contributed by atoms with Gasteiger partial charge in [-0.05, 0) is 68.3 Å². The second kappa shape index (κ2) is 30.0. The number of aromatic nitrogens is 2. The van der Waals surface area contributed by atoms with Gasteiger partial charge in [-0.1, -0.05) is 112 Å². The summed E-state index contributed by atoms with van der Waals surface area (Å²) in [6.45, 7) is 17.1. The topological polar surface area (TPSA) is 35.0 Å². The van der Waals surface area contributed by atoms with E-state index < -0.39 is 7.27 Å². The summed E-state index contributed by atoms with van der Waals surface area (Å²) in [5, 5.41) is 0. The molecule has 0 spiro atoms. The van der Waals surface area contributed by atoms with Crippen molar-refractivity contribution in [2.75, 3.05) is 32.8 Å². The molecule has 8 heteroatoms. The van der Waals surface area contributed by atoms with Crippen LogP contribution in [-0.4, -0.2) is 54.5 Å². The molecule has 0 saturated heterocycles. The van der Waals surface area contributed by atoms with Crippen molar-refractivity contribution < 1.29 is 22.6 Å². The van der Waals surface area contributed by atoms with E-state index in [1.54, 1.807) is 0 Å². The van der Waals surface area contributed by atoms with Crippen molar-refractivity contribution in [1.29, 1.82) is 0 Å². The third kappa shape index (κ3) is 22.2. The van der Waals surface area contributed by atoms with E-state index in [0.29, 0.717) is 6.42 Å². The van der Waals surface area contributed by atoms with Crippen LogP contribution in [0.3, 0.4) is 0 Å². The molecule has 0 saturated carbocycles. The molecule has 0 aliphatic rings. The van der Waals surface area contributed by atoms with Crippen LogP contribution in [0.15, 0.2) is 36.7 Å². The van der Waals surface area contributed by atoms with Crippen molar-refractivity contribution in [3.05, 3.63) is 42.2 Å². The fourth-order valence-corrected chi connectivity index (χ4v) is 5.90. The summed E-state index contributed by atoms with van der Waals surface area (Å²) in [5.74, 6) is 1.74. The van der Waals surface area contributed by atoms with E-state index >= 15 is 0 Å². The molecule has 4 nitrogen and oxygen atoms in total.